The molecule has 0 amide bonds. The van der Waals surface area contributed by atoms with E-state index in [9.17, 15) is 5.11 Å². The van der Waals surface area contributed by atoms with Gasteiger partial charge in [0.05, 0.1) is 28.8 Å². The SMILES string of the molecule is N=C/C(=C\N)N1CC(O)=C(c2nc3ccccc3[nH]2)C1=N. The Morgan fingerprint density at radius 3 is 2.86 bits per heavy atom. The highest BCUT2D eigenvalue weighted by Crippen LogP contribution is 2.28. The lowest BCUT2D eigenvalue weighted by molar-refractivity contribution is 0.377. The lowest BCUT2D eigenvalue weighted by atomic mass is 10.2. The number of hydrogen-bond donors (Lipinski definition) is 5. The molecule has 2 heterocycles. The number of rotatable bonds is 3. The van der Waals surface area contributed by atoms with Crippen molar-refractivity contribution in [2.75, 3.05) is 6.54 Å². The monoisotopic (exact) mass is 282 g/mol. The second-order valence-corrected chi connectivity index (χ2v) is 4.59. The van der Waals surface area contributed by atoms with E-state index in [0.29, 0.717) is 17.1 Å². The molecule has 1 aromatic heterocycles. The van der Waals surface area contributed by atoms with Crippen molar-refractivity contribution in [3.63, 3.8) is 0 Å². The molecular weight excluding hydrogens is 268 g/mol. The first-order chi connectivity index (χ1) is 10.2. The van der Waals surface area contributed by atoms with Crippen molar-refractivity contribution in [2.24, 2.45) is 5.73 Å². The van der Waals surface area contributed by atoms with Gasteiger partial charge < -0.3 is 26.1 Å². The summed E-state index contributed by atoms with van der Waals surface area (Å²) in [5.41, 5.74) is 7.71. The molecule has 0 spiro atoms. The molecule has 7 heteroatoms. The van der Waals surface area contributed by atoms with Gasteiger partial charge in [-0.05, 0) is 12.1 Å². The van der Waals surface area contributed by atoms with Crippen molar-refractivity contribution in [3.8, 4) is 0 Å². The number of nitrogens with zero attached hydrogens (tertiary/aromatic N) is 2. The van der Waals surface area contributed by atoms with Crippen LogP contribution in [0, 0.1) is 10.8 Å². The molecule has 1 aromatic carbocycles. The Balaban J connectivity index is 2.04. The van der Waals surface area contributed by atoms with Gasteiger partial charge in [0.25, 0.3) is 0 Å². The molecule has 2 aromatic rings. The Morgan fingerprint density at radius 2 is 2.19 bits per heavy atom. The molecule has 7 nitrogen and oxygen atoms in total. The lowest BCUT2D eigenvalue weighted by Crippen LogP contribution is -2.27. The minimum atomic E-state index is 0.0280. The first-order valence-electron chi connectivity index (χ1n) is 6.31. The molecule has 0 unspecified atom stereocenters. The highest BCUT2D eigenvalue weighted by Gasteiger charge is 2.31. The van der Waals surface area contributed by atoms with Gasteiger partial charge in [-0.15, -0.1) is 0 Å². The van der Waals surface area contributed by atoms with Crippen LogP contribution in [-0.2, 0) is 0 Å². The van der Waals surface area contributed by atoms with Crippen LogP contribution in [0.25, 0.3) is 16.6 Å². The Kier molecular flexibility index (Phi) is 2.94. The number of amidine groups is 1. The molecule has 3 rings (SSSR count). The van der Waals surface area contributed by atoms with E-state index in [1.54, 1.807) is 0 Å². The zero-order valence-corrected chi connectivity index (χ0v) is 11.1. The molecule has 1 aliphatic heterocycles. The molecule has 0 saturated heterocycles. The number of H-pyrrole nitrogens is 1. The number of benzene rings is 1. The summed E-state index contributed by atoms with van der Waals surface area (Å²) in [6.45, 7) is 0.101. The molecule has 0 fully saturated rings. The van der Waals surface area contributed by atoms with Gasteiger partial charge in [0.15, 0.2) is 0 Å². The van der Waals surface area contributed by atoms with Crippen LogP contribution in [-0.4, -0.2) is 38.6 Å². The number of aromatic amines is 1. The first kappa shape index (κ1) is 12.9. The number of hydrogen-bond acceptors (Lipinski definition) is 5. The quantitative estimate of drug-likeness (QED) is 0.548. The fourth-order valence-corrected chi connectivity index (χ4v) is 2.34. The number of para-hydroxylation sites is 2. The van der Waals surface area contributed by atoms with E-state index in [1.165, 1.54) is 11.1 Å². The summed E-state index contributed by atoms with van der Waals surface area (Å²) >= 11 is 0. The van der Waals surface area contributed by atoms with Crippen LogP contribution in [0.5, 0.6) is 0 Å². The minimum absolute atomic E-state index is 0.0280. The van der Waals surface area contributed by atoms with E-state index in [1.807, 2.05) is 24.3 Å². The summed E-state index contributed by atoms with van der Waals surface area (Å²) in [7, 11) is 0. The van der Waals surface area contributed by atoms with Crippen LogP contribution in [0.3, 0.4) is 0 Å². The average Bonchev–Trinajstić information content (AvgIpc) is 3.01. The van der Waals surface area contributed by atoms with Gasteiger partial charge in [-0.25, -0.2) is 4.98 Å². The molecule has 106 valence electrons. The molecule has 0 saturated carbocycles. The number of nitrogens with two attached hydrogens (primary N) is 1. The molecule has 1 aliphatic rings. The molecule has 0 radical (unpaired) electrons. The highest BCUT2D eigenvalue weighted by atomic mass is 16.3. The second-order valence-electron chi connectivity index (χ2n) is 4.59. The average molecular weight is 282 g/mol. The smallest absolute Gasteiger partial charge is 0.145 e. The fourth-order valence-electron chi connectivity index (χ4n) is 2.34. The topological polar surface area (TPSA) is 126 Å². The van der Waals surface area contributed by atoms with Gasteiger partial charge in [0, 0.05) is 12.4 Å². The van der Waals surface area contributed by atoms with Gasteiger partial charge >= 0.3 is 0 Å². The molecule has 6 N–H and O–H groups in total. The van der Waals surface area contributed by atoms with E-state index in [-0.39, 0.29) is 18.1 Å². The van der Waals surface area contributed by atoms with Gasteiger partial charge in [0.1, 0.15) is 17.4 Å². The Bertz CT molecular complexity index is 768. The number of nitrogens with one attached hydrogen (secondary N) is 3. The Morgan fingerprint density at radius 1 is 1.43 bits per heavy atom. The van der Waals surface area contributed by atoms with Crippen molar-refractivity contribution in [1.82, 2.24) is 14.9 Å². The van der Waals surface area contributed by atoms with Crippen molar-refractivity contribution in [1.29, 1.82) is 10.8 Å². The van der Waals surface area contributed by atoms with Crippen molar-refractivity contribution in [3.05, 3.63) is 47.7 Å². The normalized spacial score (nSPS) is 16.1. The number of fused-ring (bicyclic) bond motifs is 1. The Labute approximate surface area is 120 Å². The number of aromatic nitrogens is 2. The predicted molar refractivity (Wildman–Crippen MR) is 81.1 cm³/mol. The van der Waals surface area contributed by atoms with Crippen LogP contribution in [0.4, 0.5) is 0 Å². The Hall–Kier alpha value is -3.09. The maximum absolute atomic E-state index is 10.1. The zero-order valence-electron chi connectivity index (χ0n) is 11.1. The number of aliphatic hydroxyl groups is 1. The van der Waals surface area contributed by atoms with Crippen LogP contribution < -0.4 is 5.73 Å². The lowest BCUT2D eigenvalue weighted by Gasteiger charge is -2.18. The first-order valence-corrected chi connectivity index (χ1v) is 6.31. The minimum Gasteiger partial charge on any atom is -0.509 e. The van der Waals surface area contributed by atoms with Crippen LogP contribution in [0.2, 0.25) is 0 Å². The summed E-state index contributed by atoms with van der Waals surface area (Å²) in [4.78, 5) is 8.93. The third-order valence-corrected chi connectivity index (χ3v) is 3.36. The standard InChI is InChI=1S/C14H14N6O/c15-5-8(6-16)20-7-11(21)12(13(20)17)14-18-9-3-1-2-4-10(9)19-14/h1-6,15,17,21H,7,16H2,(H,18,19)/b8-6+,15-5?,17-13?. The fraction of sp³-hybridized carbons (Fsp3) is 0.0714. The van der Waals surface area contributed by atoms with E-state index in [2.05, 4.69) is 9.97 Å². The summed E-state index contributed by atoms with van der Waals surface area (Å²) in [6.07, 6.45) is 2.28. The molecule has 0 aliphatic carbocycles. The molecule has 0 bridgehead atoms. The summed E-state index contributed by atoms with van der Waals surface area (Å²) < 4.78 is 0. The van der Waals surface area contributed by atoms with Crippen LogP contribution in [0.1, 0.15) is 5.82 Å². The van der Waals surface area contributed by atoms with E-state index >= 15 is 0 Å². The maximum atomic E-state index is 10.1. The van der Waals surface area contributed by atoms with Crippen LogP contribution >= 0.6 is 0 Å². The van der Waals surface area contributed by atoms with Gasteiger partial charge in [0.2, 0.25) is 0 Å². The van der Waals surface area contributed by atoms with Gasteiger partial charge in [-0.1, -0.05) is 12.1 Å². The predicted octanol–water partition coefficient (Wildman–Crippen LogP) is 1.57. The van der Waals surface area contributed by atoms with Gasteiger partial charge in [-0.3, -0.25) is 5.41 Å². The van der Waals surface area contributed by atoms with E-state index in [4.69, 9.17) is 16.6 Å². The third kappa shape index (κ3) is 1.95. The van der Waals surface area contributed by atoms with E-state index < -0.39 is 0 Å². The molecular formula is C14H14N6O. The van der Waals surface area contributed by atoms with Crippen molar-refractivity contribution < 1.29 is 5.11 Å². The number of allylic oxidation sites excluding steroid dienone is 1. The van der Waals surface area contributed by atoms with E-state index in [0.717, 1.165) is 17.2 Å². The van der Waals surface area contributed by atoms with Crippen LogP contribution in [0.15, 0.2) is 41.9 Å². The largest absolute Gasteiger partial charge is 0.509 e. The van der Waals surface area contributed by atoms with Crippen molar-refractivity contribution >= 4 is 28.7 Å². The van der Waals surface area contributed by atoms with Gasteiger partial charge in [-0.2, -0.15) is 0 Å². The molecule has 21 heavy (non-hydrogen) atoms. The van der Waals surface area contributed by atoms with Crippen molar-refractivity contribution in [2.45, 2.75) is 0 Å². The zero-order chi connectivity index (χ0) is 15.0. The summed E-state index contributed by atoms with van der Waals surface area (Å²) in [5.74, 6) is 0.523. The maximum Gasteiger partial charge on any atom is 0.145 e. The number of imidazole rings is 1. The third-order valence-electron chi connectivity index (χ3n) is 3.36. The summed E-state index contributed by atoms with van der Waals surface area (Å²) in [6, 6.07) is 7.49. The molecule has 0 atom stereocenters. The summed E-state index contributed by atoms with van der Waals surface area (Å²) in [5, 5.41) is 25.6. The second kappa shape index (κ2) is 4.78. The highest BCUT2D eigenvalue weighted by molar-refractivity contribution is 6.24. The number of aliphatic hydroxyl groups excluding tert-OH is 1.